The number of aromatic carboxylic acids is 1. The largest absolute Gasteiger partial charge is 0.493 e. The van der Waals surface area contributed by atoms with Crippen molar-refractivity contribution >= 4 is 41.1 Å². The number of nitrogens with zero attached hydrogens (tertiary/aromatic N) is 1. The summed E-state index contributed by atoms with van der Waals surface area (Å²) in [7, 11) is 0. The first-order chi connectivity index (χ1) is 24.3. The zero-order chi connectivity index (χ0) is 34.9. The maximum Gasteiger partial charge on any atom is 0.335 e. The summed E-state index contributed by atoms with van der Waals surface area (Å²) in [5.41, 5.74) is 4.31. The normalized spacial score (nSPS) is 14.7. The second-order valence-electron chi connectivity index (χ2n) is 13.2. The van der Waals surface area contributed by atoms with Gasteiger partial charge in [0.25, 0.3) is 11.8 Å². The van der Waals surface area contributed by atoms with Gasteiger partial charge >= 0.3 is 5.97 Å². The van der Waals surface area contributed by atoms with E-state index < -0.39 is 5.97 Å². The highest BCUT2D eigenvalue weighted by atomic mass is 32.2. The molecule has 8 nitrogen and oxygen atoms in total. The number of rotatable bonds is 15. The van der Waals surface area contributed by atoms with E-state index in [0.717, 1.165) is 48.3 Å². The Hall–Kier alpha value is -4.60. The molecule has 2 aliphatic rings. The number of ether oxygens (including phenoxy) is 1. The van der Waals surface area contributed by atoms with Crippen LogP contribution >= 0.6 is 11.9 Å². The maximum atomic E-state index is 13.7. The SMILES string of the molecule is CCN(Sc1cccc(C(=O)Nc2ccc(OCC3CC3)cc2C(=O)Nc2ccc(CCc3ccc(C(=O)O)cc3)cc2)c1)C1CCCCC1. The molecule has 0 unspecified atom stereocenters. The molecule has 4 aromatic rings. The monoisotopic (exact) mass is 691 g/mol. The summed E-state index contributed by atoms with van der Waals surface area (Å²) < 4.78 is 8.43. The molecule has 9 heteroatoms. The Morgan fingerprint density at radius 3 is 2.14 bits per heavy atom. The van der Waals surface area contributed by atoms with Crippen LogP contribution in [0.5, 0.6) is 5.75 Å². The summed E-state index contributed by atoms with van der Waals surface area (Å²) in [4.78, 5) is 39.4. The second-order valence-corrected chi connectivity index (χ2v) is 14.3. The summed E-state index contributed by atoms with van der Waals surface area (Å²) in [5, 5.41) is 15.1. The van der Waals surface area contributed by atoms with Crippen LogP contribution in [0.1, 0.15) is 94.1 Å². The molecule has 3 N–H and O–H groups in total. The van der Waals surface area contributed by atoms with E-state index in [-0.39, 0.29) is 17.4 Å². The number of hydrogen-bond donors (Lipinski definition) is 3. The van der Waals surface area contributed by atoms with Crippen molar-refractivity contribution in [3.8, 4) is 5.75 Å². The van der Waals surface area contributed by atoms with Crippen molar-refractivity contribution < 1.29 is 24.2 Å². The number of carboxylic acids is 1. The standard InChI is InChI=1S/C41H45N3O5S/c1-2-44(34-8-4-3-5-9-34)50-36-10-6-7-32(25-36)39(45)43-38-24-23-35(49-27-30-13-14-30)26-37(38)40(46)42-33-21-17-29(18-22-33)12-11-28-15-19-31(20-16-28)41(47)48/h6-7,10,15-26,30,34H,2-5,8-9,11-14,27H2,1H3,(H,42,46)(H,43,45)(H,47,48). The molecule has 0 heterocycles. The van der Waals surface area contributed by atoms with E-state index in [1.807, 2.05) is 54.6 Å². The van der Waals surface area contributed by atoms with Crippen molar-refractivity contribution in [3.63, 3.8) is 0 Å². The minimum absolute atomic E-state index is 0.272. The van der Waals surface area contributed by atoms with E-state index in [2.05, 4.69) is 21.9 Å². The number of carbonyl (C=O) groups is 3. The highest BCUT2D eigenvalue weighted by Gasteiger charge is 2.24. The molecule has 4 aromatic carbocycles. The Labute approximate surface area is 298 Å². The number of amides is 2. The van der Waals surface area contributed by atoms with E-state index in [1.54, 1.807) is 48.3 Å². The van der Waals surface area contributed by atoms with Gasteiger partial charge < -0.3 is 20.5 Å². The van der Waals surface area contributed by atoms with E-state index in [9.17, 15) is 14.4 Å². The van der Waals surface area contributed by atoms with E-state index in [4.69, 9.17) is 9.84 Å². The Morgan fingerprint density at radius 1 is 0.780 bits per heavy atom. The van der Waals surface area contributed by atoms with Crippen molar-refractivity contribution in [2.24, 2.45) is 5.92 Å². The van der Waals surface area contributed by atoms with E-state index in [1.165, 1.54) is 32.1 Å². The predicted octanol–water partition coefficient (Wildman–Crippen LogP) is 9.13. The topological polar surface area (TPSA) is 108 Å². The molecular formula is C41H45N3O5S. The van der Waals surface area contributed by atoms with Gasteiger partial charge in [-0.15, -0.1) is 0 Å². The average Bonchev–Trinajstić information content (AvgIpc) is 3.98. The van der Waals surface area contributed by atoms with Crippen molar-refractivity contribution in [2.45, 2.75) is 75.6 Å². The summed E-state index contributed by atoms with van der Waals surface area (Å²) in [6, 6.07) is 28.1. The lowest BCUT2D eigenvalue weighted by atomic mass is 9.95. The van der Waals surface area contributed by atoms with Gasteiger partial charge in [0.05, 0.1) is 23.4 Å². The first kappa shape index (κ1) is 35.2. The Balaban J connectivity index is 1.12. The molecule has 0 aromatic heterocycles. The molecule has 0 spiro atoms. The average molecular weight is 692 g/mol. The van der Waals surface area contributed by atoms with Crippen molar-refractivity contribution in [1.82, 2.24) is 4.31 Å². The molecule has 0 bridgehead atoms. The summed E-state index contributed by atoms with van der Waals surface area (Å²) in [6.45, 7) is 3.73. The number of carbonyl (C=O) groups excluding carboxylic acids is 2. The molecule has 2 saturated carbocycles. The van der Waals surface area contributed by atoms with Crippen LogP contribution in [0.4, 0.5) is 11.4 Å². The molecule has 0 atom stereocenters. The van der Waals surface area contributed by atoms with Crippen LogP contribution in [-0.4, -0.2) is 46.4 Å². The lowest BCUT2D eigenvalue weighted by Gasteiger charge is -2.32. The van der Waals surface area contributed by atoms with Gasteiger partial charge in [0.2, 0.25) is 0 Å². The van der Waals surface area contributed by atoms with Crippen LogP contribution in [0, 0.1) is 5.92 Å². The Morgan fingerprint density at radius 2 is 1.48 bits per heavy atom. The lowest BCUT2D eigenvalue weighted by molar-refractivity contribution is 0.0696. The minimum Gasteiger partial charge on any atom is -0.493 e. The lowest BCUT2D eigenvalue weighted by Crippen LogP contribution is -2.31. The van der Waals surface area contributed by atoms with Crippen molar-refractivity contribution in [2.75, 3.05) is 23.8 Å². The van der Waals surface area contributed by atoms with Gasteiger partial charge in [-0.1, -0.05) is 56.5 Å². The molecule has 2 aliphatic carbocycles. The molecule has 6 rings (SSSR count). The third kappa shape index (κ3) is 9.76. The van der Waals surface area contributed by atoms with Crippen LogP contribution < -0.4 is 15.4 Å². The first-order valence-electron chi connectivity index (χ1n) is 17.7. The van der Waals surface area contributed by atoms with Gasteiger partial charge in [-0.3, -0.25) is 9.59 Å². The third-order valence-corrected chi connectivity index (χ3v) is 10.6. The molecular weight excluding hydrogens is 647 g/mol. The molecule has 0 aliphatic heterocycles. The van der Waals surface area contributed by atoms with E-state index >= 15 is 0 Å². The number of nitrogens with one attached hydrogen (secondary N) is 2. The quantitative estimate of drug-likeness (QED) is 0.107. The summed E-state index contributed by atoms with van der Waals surface area (Å²) >= 11 is 1.71. The van der Waals surface area contributed by atoms with Crippen LogP contribution in [0.25, 0.3) is 0 Å². The highest BCUT2D eigenvalue weighted by molar-refractivity contribution is 7.97. The molecule has 260 valence electrons. The van der Waals surface area contributed by atoms with Gasteiger partial charge in [-0.2, -0.15) is 0 Å². The molecule has 50 heavy (non-hydrogen) atoms. The number of benzene rings is 4. The fourth-order valence-electron chi connectivity index (χ4n) is 6.25. The fraction of sp³-hybridized carbons (Fsp3) is 0.341. The smallest absolute Gasteiger partial charge is 0.335 e. The summed E-state index contributed by atoms with van der Waals surface area (Å²) in [5.74, 6) is -0.419. The number of hydrogen-bond acceptors (Lipinski definition) is 6. The van der Waals surface area contributed by atoms with Crippen molar-refractivity contribution in [1.29, 1.82) is 0 Å². The molecule has 2 amide bonds. The van der Waals surface area contributed by atoms with Gasteiger partial charge in [0.1, 0.15) is 5.75 Å². The second kappa shape index (κ2) is 16.9. The fourth-order valence-corrected chi connectivity index (χ4v) is 7.33. The Kier molecular flexibility index (Phi) is 11.9. The highest BCUT2D eigenvalue weighted by Crippen LogP contribution is 2.33. The van der Waals surface area contributed by atoms with Crippen LogP contribution in [-0.2, 0) is 12.8 Å². The van der Waals surface area contributed by atoms with Gasteiger partial charge in [0, 0.05) is 28.7 Å². The minimum atomic E-state index is -0.936. The number of anilines is 2. The van der Waals surface area contributed by atoms with Gasteiger partial charge in [0.15, 0.2) is 0 Å². The van der Waals surface area contributed by atoms with Crippen LogP contribution in [0.15, 0.2) is 95.9 Å². The number of aryl methyl sites for hydroxylation is 2. The molecule has 0 radical (unpaired) electrons. The maximum absolute atomic E-state index is 13.7. The predicted molar refractivity (Wildman–Crippen MR) is 199 cm³/mol. The Bertz CT molecular complexity index is 1780. The third-order valence-electron chi connectivity index (χ3n) is 9.39. The van der Waals surface area contributed by atoms with Gasteiger partial charge in [-0.25, -0.2) is 9.10 Å². The van der Waals surface area contributed by atoms with Crippen LogP contribution in [0.3, 0.4) is 0 Å². The molecule has 2 fully saturated rings. The molecule has 0 saturated heterocycles. The zero-order valence-electron chi connectivity index (χ0n) is 28.5. The van der Waals surface area contributed by atoms with Crippen LogP contribution in [0.2, 0.25) is 0 Å². The number of carboxylic acid groups (broad SMARTS) is 1. The zero-order valence-corrected chi connectivity index (χ0v) is 29.3. The van der Waals surface area contributed by atoms with Crippen molar-refractivity contribution in [3.05, 3.63) is 119 Å². The first-order valence-corrected chi connectivity index (χ1v) is 18.5. The van der Waals surface area contributed by atoms with E-state index in [0.29, 0.717) is 46.8 Å². The summed E-state index contributed by atoms with van der Waals surface area (Å²) in [6.07, 6.45) is 10.1. The van der Waals surface area contributed by atoms with Gasteiger partial charge in [-0.05, 0) is 128 Å².